The van der Waals surface area contributed by atoms with Gasteiger partial charge in [0.15, 0.2) is 5.69 Å². The van der Waals surface area contributed by atoms with Crippen LogP contribution in [0, 0.1) is 0 Å². The average Bonchev–Trinajstić information content (AvgIpc) is 2.37. The van der Waals surface area contributed by atoms with Crippen molar-refractivity contribution in [2.24, 2.45) is 0 Å². The van der Waals surface area contributed by atoms with Gasteiger partial charge in [0, 0.05) is 19.0 Å². The molecular formula is C14H21N3O2. The van der Waals surface area contributed by atoms with E-state index in [-0.39, 0.29) is 11.6 Å². The molecule has 1 heterocycles. The summed E-state index contributed by atoms with van der Waals surface area (Å²) in [6.07, 6.45) is 4.27. The molecule has 0 radical (unpaired) electrons. The van der Waals surface area contributed by atoms with Gasteiger partial charge >= 0.3 is 5.97 Å². The van der Waals surface area contributed by atoms with Crippen LogP contribution < -0.4 is 4.90 Å². The fourth-order valence-electron chi connectivity index (χ4n) is 1.79. The Hall–Kier alpha value is -1.91. The first-order chi connectivity index (χ1) is 9.01. The normalized spacial score (nSPS) is 10.5. The number of hydrogen-bond acceptors (Lipinski definition) is 4. The minimum Gasteiger partial charge on any atom is -0.476 e. The zero-order valence-electron chi connectivity index (χ0n) is 11.8. The minimum atomic E-state index is -1.02. The van der Waals surface area contributed by atoms with Gasteiger partial charge in [0.05, 0.1) is 11.9 Å². The summed E-state index contributed by atoms with van der Waals surface area (Å²) >= 11 is 0. The highest BCUT2D eigenvalue weighted by atomic mass is 16.4. The Morgan fingerprint density at radius 3 is 2.74 bits per heavy atom. The Kier molecular flexibility index (Phi) is 5.48. The number of hydrogen-bond donors (Lipinski definition) is 1. The van der Waals surface area contributed by atoms with E-state index in [1.807, 2.05) is 25.7 Å². The second-order valence-corrected chi connectivity index (χ2v) is 4.66. The van der Waals surface area contributed by atoms with E-state index in [1.165, 1.54) is 0 Å². The SMILES string of the molecule is C=CCN(CCC)c1cnc(C(C)C)nc1C(=O)O. The lowest BCUT2D eigenvalue weighted by molar-refractivity contribution is 0.0690. The summed E-state index contributed by atoms with van der Waals surface area (Å²) in [5.74, 6) is -0.369. The molecule has 1 rings (SSSR count). The van der Waals surface area contributed by atoms with Crippen LogP contribution in [0.25, 0.3) is 0 Å². The van der Waals surface area contributed by atoms with Crippen molar-refractivity contribution in [3.8, 4) is 0 Å². The van der Waals surface area contributed by atoms with Crippen molar-refractivity contribution in [1.29, 1.82) is 0 Å². The van der Waals surface area contributed by atoms with Gasteiger partial charge in [0.1, 0.15) is 5.82 Å². The highest BCUT2D eigenvalue weighted by molar-refractivity contribution is 5.92. The van der Waals surface area contributed by atoms with Crippen molar-refractivity contribution in [1.82, 2.24) is 9.97 Å². The summed E-state index contributed by atoms with van der Waals surface area (Å²) in [6, 6.07) is 0. The number of anilines is 1. The van der Waals surface area contributed by atoms with Crippen molar-refractivity contribution >= 4 is 11.7 Å². The maximum atomic E-state index is 11.4. The molecule has 0 unspecified atom stereocenters. The number of rotatable bonds is 7. The van der Waals surface area contributed by atoms with Crippen LogP contribution in [0.3, 0.4) is 0 Å². The van der Waals surface area contributed by atoms with Crippen LogP contribution in [-0.4, -0.2) is 34.1 Å². The van der Waals surface area contributed by atoms with Crippen LogP contribution in [0.2, 0.25) is 0 Å². The van der Waals surface area contributed by atoms with Gasteiger partial charge < -0.3 is 10.0 Å². The highest BCUT2D eigenvalue weighted by Crippen LogP contribution is 2.20. The fourth-order valence-corrected chi connectivity index (χ4v) is 1.79. The molecular weight excluding hydrogens is 242 g/mol. The molecule has 1 aromatic heterocycles. The largest absolute Gasteiger partial charge is 0.476 e. The summed E-state index contributed by atoms with van der Waals surface area (Å²) in [4.78, 5) is 21.7. The van der Waals surface area contributed by atoms with E-state index in [2.05, 4.69) is 16.5 Å². The first kappa shape index (κ1) is 15.1. The summed E-state index contributed by atoms with van der Waals surface area (Å²) < 4.78 is 0. The molecule has 1 aromatic rings. The Bertz CT molecular complexity index is 458. The highest BCUT2D eigenvalue weighted by Gasteiger charge is 2.19. The number of carbonyl (C=O) groups is 1. The summed E-state index contributed by atoms with van der Waals surface area (Å²) in [5.41, 5.74) is 0.618. The molecule has 0 saturated carbocycles. The van der Waals surface area contributed by atoms with Crippen LogP contribution in [-0.2, 0) is 0 Å². The predicted molar refractivity (Wildman–Crippen MR) is 75.8 cm³/mol. The maximum absolute atomic E-state index is 11.4. The van der Waals surface area contributed by atoms with Gasteiger partial charge in [-0.05, 0) is 6.42 Å². The molecule has 19 heavy (non-hydrogen) atoms. The molecule has 0 amide bonds. The van der Waals surface area contributed by atoms with E-state index >= 15 is 0 Å². The molecule has 0 aromatic carbocycles. The topological polar surface area (TPSA) is 66.3 Å². The number of aromatic nitrogens is 2. The van der Waals surface area contributed by atoms with Crippen molar-refractivity contribution in [3.05, 3.63) is 30.4 Å². The lowest BCUT2D eigenvalue weighted by atomic mass is 10.2. The fraction of sp³-hybridized carbons (Fsp3) is 0.500. The summed E-state index contributed by atoms with van der Waals surface area (Å²) in [6.45, 7) is 10.9. The lowest BCUT2D eigenvalue weighted by Gasteiger charge is -2.23. The quantitative estimate of drug-likeness (QED) is 0.766. The van der Waals surface area contributed by atoms with Gasteiger partial charge in [0.2, 0.25) is 0 Å². The Morgan fingerprint density at radius 1 is 1.58 bits per heavy atom. The van der Waals surface area contributed by atoms with Crippen LogP contribution in [0.4, 0.5) is 5.69 Å². The molecule has 0 atom stereocenters. The van der Waals surface area contributed by atoms with Crippen LogP contribution in [0.1, 0.15) is 49.4 Å². The number of carboxylic acid groups (broad SMARTS) is 1. The molecule has 0 aliphatic heterocycles. The third-order valence-electron chi connectivity index (χ3n) is 2.69. The number of nitrogens with zero attached hydrogens (tertiary/aromatic N) is 3. The Morgan fingerprint density at radius 2 is 2.26 bits per heavy atom. The maximum Gasteiger partial charge on any atom is 0.356 e. The molecule has 1 N–H and O–H groups in total. The third kappa shape index (κ3) is 3.77. The van der Waals surface area contributed by atoms with E-state index < -0.39 is 5.97 Å². The van der Waals surface area contributed by atoms with Crippen LogP contribution >= 0.6 is 0 Å². The molecule has 104 valence electrons. The molecule has 0 aliphatic rings. The van der Waals surface area contributed by atoms with Gasteiger partial charge in [-0.15, -0.1) is 6.58 Å². The molecule has 0 spiro atoms. The molecule has 0 saturated heterocycles. The van der Waals surface area contributed by atoms with Gasteiger partial charge in [-0.25, -0.2) is 14.8 Å². The third-order valence-corrected chi connectivity index (χ3v) is 2.69. The van der Waals surface area contributed by atoms with Crippen molar-refractivity contribution < 1.29 is 9.90 Å². The lowest BCUT2D eigenvalue weighted by Crippen LogP contribution is -2.27. The van der Waals surface area contributed by atoms with Crippen molar-refractivity contribution in [2.75, 3.05) is 18.0 Å². The second-order valence-electron chi connectivity index (χ2n) is 4.66. The van der Waals surface area contributed by atoms with Gasteiger partial charge in [-0.3, -0.25) is 0 Å². The van der Waals surface area contributed by atoms with Crippen molar-refractivity contribution in [3.63, 3.8) is 0 Å². The smallest absolute Gasteiger partial charge is 0.356 e. The molecule has 5 heteroatoms. The van der Waals surface area contributed by atoms with Crippen molar-refractivity contribution in [2.45, 2.75) is 33.1 Å². The Labute approximate surface area is 114 Å². The van der Waals surface area contributed by atoms with Crippen LogP contribution in [0.15, 0.2) is 18.9 Å². The van der Waals surface area contributed by atoms with Crippen LogP contribution in [0.5, 0.6) is 0 Å². The molecule has 0 fully saturated rings. The van der Waals surface area contributed by atoms with E-state index in [9.17, 15) is 9.90 Å². The average molecular weight is 263 g/mol. The molecule has 0 bridgehead atoms. The predicted octanol–water partition coefficient (Wildman–Crippen LogP) is 2.70. The van der Waals surface area contributed by atoms with Gasteiger partial charge in [0.25, 0.3) is 0 Å². The van der Waals surface area contributed by atoms with E-state index in [1.54, 1.807) is 12.3 Å². The first-order valence-electron chi connectivity index (χ1n) is 6.47. The number of carboxylic acids is 1. The zero-order valence-corrected chi connectivity index (χ0v) is 11.8. The van der Waals surface area contributed by atoms with E-state index in [0.29, 0.717) is 18.1 Å². The van der Waals surface area contributed by atoms with E-state index in [4.69, 9.17) is 0 Å². The Balaban J connectivity index is 3.24. The summed E-state index contributed by atoms with van der Waals surface area (Å²) in [5, 5.41) is 9.31. The standard InChI is InChI=1S/C14H21N3O2/c1-5-7-17(8-6-2)11-9-15-13(10(3)4)16-12(11)14(18)19/h5,9-10H,1,6-8H2,2-4H3,(H,18,19). The van der Waals surface area contributed by atoms with Gasteiger partial charge in [-0.2, -0.15) is 0 Å². The monoisotopic (exact) mass is 263 g/mol. The van der Waals surface area contributed by atoms with E-state index in [0.717, 1.165) is 13.0 Å². The molecule has 0 aliphatic carbocycles. The zero-order chi connectivity index (χ0) is 14.4. The first-order valence-corrected chi connectivity index (χ1v) is 6.47. The number of aromatic carboxylic acids is 1. The summed E-state index contributed by atoms with van der Waals surface area (Å²) in [7, 11) is 0. The molecule has 5 nitrogen and oxygen atoms in total. The minimum absolute atomic E-state index is 0.0639. The second kappa shape index (κ2) is 6.87. The van der Waals surface area contributed by atoms with Gasteiger partial charge in [-0.1, -0.05) is 26.8 Å².